The first-order valence-corrected chi connectivity index (χ1v) is 5.84. The van der Waals surface area contributed by atoms with Crippen molar-refractivity contribution in [1.82, 2.24) is 0 Å². The van der Waals surface area contributed by atoms with Crippen molar-refractivity contribution in [1.29, 1.82) is 0 Å². The van der Waals surface area contributed by atoms with E-state index < -0.39 is 23.0 Å². The minimum atomic E-state index is -2.35. The SMILES string of the molecule is CC(=O)C1=C(C)O[C@@]2(O)c3ccccc3C(=O)[C@@]12O. The van der Waals surface area contributed by atoms with E-state index in [0.29, 0.717) is 0 Å². The molecule has 2 N–H and O–H groups in total. The zero-order valence-corrected chi connectivity index (χ0v) is 10.4. The van der Waals surface area contributed by atoms with Crippen molar-refractivity contribution in [3.8, 4) is 0 Å². The molecule has 1 aliphatic heterocycles. The van der Waals surface area contributed by atoms with E-state index in [1.807, 2.05) is 0 Å². The molecule has 0 bridgehead atoms. The molecule has 0 radical (unpaired) electrons. The maximum absolute atomic E-state index is 12.4. The molecule has 0 aromatic heterocycles. The van der Waals surface area contributed by atoms with Gasteiger partial charge in [0.15, 0.2) is 5.78 Å². The fraction of sp³-hybridized carbons (Fsp3) is 0.286. The number of fused-ring (bicyclic) bond motifs is 3. The smallest absolute Gasteiger partial charge is 0.276 e. The summed E-state index contributed by atoms with van der Waals surface area (Å²) >= 11 is 0. The Bertz CT molecular complexity index is 660. The highest BCUT2D eigenvalue weighted by Gasteiger charge is 2.71. The van der Waals surface area contributed by atoms with E-state index >= 15 is 0 Å². The van der Waals surface area contributed by atoms with Gasteiger partial charge in [-0.1, -0.05) is 24.3 Å². The normalized spacial score (nSPS) is 32.1. The van der Waals surface area contributed by atoms with Crippen molar-refractivity contribution in [2.45, 2.75) is 25.2 Å². The summed E-state index contributed by atoms with van der Waals surface area (Å²) < 4.78 is 5.29. The Morgan fingerprint density at radius 3 is 2.53 bits per heavy atom. The van der Waals surface area contributed by atoms with E-state index in [1.54, 1.807) is 12.1 Å². The van der Waals surface area contributed by atoms with Crippen molar-refractivity contribution in [2.75, 3.05) is 0 Å². The maximum atomic E-state index is 12.4. The lowest BCUT2D eigenvalue weighted by atomic mass is 9.84. The molecule has 98 valence electrons. The average molecular weight is 260 g/mol. The van der Waals surface area contributed by atoms with Gasteiger partial charge < -0.3 is 14.9 Å². The molecule has 2 aliphatic rings. The number of hydrogen-bond donors (Lipinski definition) is 2. The van der Waals surface area contributed by atoms with Crippen molar-refractivity contribution in [2.24, 2.45) is 0 Å². The molecule has 5 nitrogen and oxygen atoms in total. The summed E-state index contributed by atoms with van der Waals surface area (Å²) in [7, 11) is 0. The molecule has 0 saturated heterocycles. The summed E-state index contributed by atoms with van der Waals surface area (Å²) in [6, 6.07) is 6.23. The van der Waals surface area contributed by atoms with Gasteiger partial charge >= 0.3 is 0 Å². The summed E-state index contributed by atoms with van der Waals surface area (Å²) in [6.45, 7) is 2.67. The standard InChI is InChI=1S/C14H12O5/c1-7(15)11-8(2)19-14(18)10-6-4-3-5-9(10)12(16)13(11,14)17/h3-6,17-18H,1-2H3/t13-,14-/m0/s1. The van der Waals surface area contributed by atoms with E-state index in [0.717, 1.165) is 0 Å². The van der Waals surface area contributed by atoms with Crippen LogP contribution >= 0.6 is 0 Å². The van der Waals surface area contributed by atoms with Crippen molar-refractivity contribution < 1.29 is 24.5 Å². The van der Waals surface area contributed by atoms with Crippen LogP contribution in [0.4, 0.5) is 0 Å². The van der Waals surface area contributed by atoms with Gasteiger partial charge in [0.2, 0.25) is 11.4 Å². The molecule has 3 rings (SSSR count). The van der Waals surface area contributed by atoms with Crippen LogP contribution in [-0.4, -0.2) is 27.4 Å². The second kappa shape index (κ2) is 3.31. The first-order valence-electron chi connectivity index (χ1n) is 5.84. The van der Waals surface area contributed by atoms with Crippen LogP contribution < -0.4 is 0 Å². The van der Waals surface area contributed by atoms with Crippen molar-refractivity contribution >= 4 is 11.6 Å². The number of hydrogen-bond acceptors (Lipinski definition) is 5. The number of ketones is 2. The van der Waals surface area contributed by atoms with E-state index in [4.69, 9.17) is 4.74 Å². The van der Waals surface area contributed by atoms with Gasteiger partial charge in [-0.15, -0.1) is 0 Å². The second-order valence-corrected chi connectivity index (χ2v) is 4.82. The third-order valence-corrected chi connectivity index (χ3v) is 3.72. The summed E-state index contributed by atoms with van der Waals surface area (Å²) in [5.74, 6) is -3.36. The Hall–Kier alpha value is -1.98. The molecule has 0 spiro atoms. The molecule has 1 aliphatic carbocycles. The van der Waals surface area contributed by atoms with Gasteiger partial charge in [-0.3, -0.25) is 9.59 Å². The van der Waals surface area contributed by atoms with E-state index in [2.05, 4.69) is 0 Å². The molecule has 0 amide bonds. The molecule has 19 heavy (non-hydrogen) atoms. The highest BCUT2D eigenvalue weighted by Crippen LogP contribution is 2.54. The minimum absolute atomic E-state index is 0.0698. The second-order valence-electron chi connectivity index (χ2n) is 4.82. The molecule has 2 atom stereocenters. The van der Waals surface area contributed by atoms with Crippen molar-refractivity contribution in [3.63, 3.8) is 0 Å². The Morgan fingerprint density at radius 1 is 1.26 bits per heavy atom. The van der Waals surface area contributed by atoms with Crippen LogP contribution in [-0.2, 0) is 15.3 Å². The first-order chi connectivity index (χ1) is 8.84. The largest absolute Gasteiger partial charge is 0.458 e. The summed E-state index contributed by atoms with van der Waals surface area (Å²) in [4.78, 5) is 24.1. The maximum Gasteiger partial charge on any atom is 0.276 e. The highest BCUT2D eigenvalue weighted by molar-refractivity contribution is 6.16. The number of carbonyl (C=O) groups excluding carboxylic acids is 2. The zero-order valence-electron chi connectivity index (χ0n) is 10.4. The zero-order chi connectivity index (χ0) is 14.0. The van der Waals surface area contributed by atoms with Crippen LogP contribution in [0, 0.1) is 0 Å². The van der Waals surface area contributed by atoms with Gasteiger partial charge in [-0.05, 0) is 13.8 Å². The van der Waals surface area contributed by atoms with Crippen LogP contribution in [0.2, 0.25) is 0 Å². The third kappa shape index (κ3) is 1.12. The number of Topliss-reactive ketones (excluding diaryl/α,β-unsaturated/α-hetero) is 2. The van der Waals surface area contributed by atoms with E-state index in [1.165, 1.54) is 26.0 Å². The number of ether oxygens (including phenoxy) is 1. The Labute approximate surface area is 109 Å². The number of carbonyl (C=O) groups is 2. The lowest BCUT2D eigenvalue weighted by molar-refractivity contribution is -0.235. The molecule has 5 heteroatoms. The monoisotopic (exact) mass is 260 g/mol. The number of aliphatic hydroxyl groups is 2. The molecule has 0 fully saturated rings. The van der Waals surface area contributed by atoms with Gasteiger partial charge in [-0.25, -0.2) is 0 Å². The quantitative estimate of drug-likeness (QED) is 0.774. The fourth-order valence-corrected chi connectivity index (χ4v) is 2.96. The van der Waals surface area contributed by atoms with Crippen LogP contribution in [0.25, 0.3) is 0 Å². The first kappa shape index (κ1) is 12.1. The molecular weight excluding hydrogens is 248 g/mol. The minimum Gasteiger partial charge on any atom is -0.458 e. The van der Waals surface area contributed by atoms with Gasteiger partial charge in [0.25, 0.3) is 5.79 Å². The fourth-order valence-electron chi connectivity index (χ4n) is 2.96. The Morgan fingerprint density at radius 2 is 1.89 bits per heavy atom. The van der Waals surface area contributed by atoms with Crippen molar-refractivity contribution in [3.05, 3.63) is 46.7 Å². The van der Waals surface area contributed by atoms with Gasteiger partial charge in [0.1, 0.15) is 5.76 Å². The molecule has 1 aromatic rings. The number of allylic oxidation sites excluding steroid dienone is 1. The lowest BCUT2D eigenvalue weighted by Crippen LogP contribution is -2.52. The van der Waals surface area contributed by atoms with E-state index in [-0.39, 0.29) is 22.5 Å². The summed E-state index contributed by atoms with van der Waals surface area (Å²) in [5, 5.41) is 21.3. The molecular formula is C14H12O5. The van der Waals surface area contributed by atoms with Crippen LogP contribution in [0.3, 0.4) is 0 Å². The molecule has 1 aromatic carbocycles. The Balaban J connectivity index is 2.33. The Kier molecular flexibility index (Phi) is 2.11. The molecule has 1 heterocycles. The molecule has 0 saturated carbocycles. The predicted molar refractivity (Wildman–Crippen MR) is 64.1 cm³/mol. The predicted octanol–water partition coefficient (Wildman–Crippen LogP) is 0.652. The number of benzene rings is 1. The molecule has 0 unspecified atom stereocenters. The lowest BCUT2D eigenvalue weighted by Gasteiger charge is -2.30. The van der Waals surface area contributed by atoms with Crippen LogP contribution in [0.5, 0.6) is 0 Å². The van der Waals surface area contributed by atoms with Crippen LogP contribution in [0.15, 0.2) is 35.6 Å². The van der Waals surface area contributed by atoms with E-state index in [9.17, 15) is 19.8 Å². The highest BCUT2D eigenvalue weighted by atomic mass is 16.7. The third-order valence-electron chi connectivity index (χ3n) is 3.72. The van der Waals surface area contributed by atoms with Gasteiger partial charge in [-0.2, -0.15) is 0 Å². The van der Waals surface area contributed by atoms with Crippen LogP contribution in [0.1, 0.15) is 29.8 Å². The van der Waals surface area contributed by atoms with Gasteiger partial charge in [0.05, 0.1) is 5.57 Å². The summed E-state index contributed by atoms with van der Waals surface area (Å²) in [6.07, 6.45) is 0. The number of rotatable bonds is 1. The van der Waals surface area contributed by atoms with Gasteiger partial charge in [0, 0.05) is 11.1 Å². The summed E-state index contributed by atoms with van der Waals surface area (Å²) in [5.41, 5.74) is -2.19. The average Bonchev–Trinajstić information content (AvgIpc) is 2.65. The topological polar surface area (TPSA) is 83.8 Å².